The molecule has 0 heterocycles. The van der Waals surface area contributed by atoms with E-state index in [-0.39, 0.29) is 5.91 Å². The van der Waals surface area contributed by atoms with Crippen molar-refractivity contribution in [3.63, 3.8) is 0 Å². The minimum atomic E-state index is -0.0804. The number of nitrogen functional groups attached to an aromatic ring is 1. The number of ether oxygens (including phenoxy) is 2. The summed E-state index contributed by atoms with van der Waals surface area (Å²) in [4.78, 5) is 14.2. The Morgan fingerprint density at radius 2 is 1.95 bits per heavy atom. The fourth-order valence-corrected chi connectivity index (χ4v) is 2.19. The lowest BCUT2D eigenvalue weighted by atomic mass is 10.1. The van der Waals surface area contributed by atoms with Crippen LogP contribution in [0.4, 0.5) is 5.69 Å². The van der Waals surface area contributed by atoms with Gasteiger partial charge < -0.3 is 20.1 Å². The molecule has 0 saturated heterocycles. The summed E-state index contributed by atoms with van der Waals surface area (Å²) < 4.78 is 10.9. The monoisotopic (exact) mass is 344 g/mol. The summed E-state index contributed by atoms with van der Waals surface area (Å²) in [6.07, 6.45) is 0.780. The van der Waals surface area contributed by atoms with E-state index in [1.54, 1.807) is 31.3 Å². The second-order valence-electron chi connectivity index (χ2n) is 4.36. The Hall–Kier alpha value is -1.11. The average molecular weight is 345 g/mol. The molecule has 6 heteroatoms. The second kappa shape index (κ2) is 8.94. The number of halogens is 1. The van der Waals surface area contributed by atoms with Crippen molar-refractivity contribution in [2.24, 2.45) is 0 Å². The van der Waals surface area contributed by atoms with Crippen molar-refractivity contribution in [1.82, 2.24) is 4.90 Å². The zero-order valence-electron chi connectivity index (χ0n) is 11.9. The Balaban J connectivity index is 2.79. The van der Waals surface area contributed by atoms with Crippen molar-refractivity contribution in [2.45, 2.75) is 6.42 Å². The van der Waals surface area contributed by atoms with Crippen molar-refractivity contribution in [3.05, 3.63) is 28.2 Å². The molecule has 5 nitrogen and oxygen atoms in total. The molecule has 0 atom stereocenters. The standard InChI is InChI=1S/C14H21BrN2O3/c1-19-8-3-6-17(7-9-20-2)14(18)12-5-4-11(15)10-13(12)16/h4-5,10H,3,6-9,16H2,1-2H3. The molecule has 20 heavy (non-hydrogen) atoms. The maximum absolute atomic E-state index is 12.5. The van der Waals surface area contributed by atoms with Crippen molar-refractivity contribution < 1.29 is 14.3 Å². The van der Waals surface area contributed by atoms with E-state index in [9.17, 15) is 4.79 Å². The fraction of sp³-hybridized carbons (Fsp3) is 0.500. The van der Waals surface area contributed by atoms with Crippen molar-refractivity contribution >= 4 is 27.5 Å². The van der Waals surface area contributed by atoms with Crippen molar-refractivity contribution in [2.75, 3.05) is 46.3 Å². The third-order valence-electron chi connectivity index (χ3n) is 2.87. The molecule has 0 aliphatic rings. The normalized spacial score (nSPS) is 10.6. The predicted octanol–water partition coefficient (Wildman–Crippen LogP) is 2.16. The predicted molar refractivity (Wildman–Crippen MR) is 82.8 cm³/mol. The lowest BCUT2D eigenvalue weighted by Crippen LogP contribution is -2.35. The minimum absolute atomic E-state index is 0.0804. The van der Waals surface area contributed by atoms with Crippen LogP contribution in [-0.4, -0.2) is 51.3 Å². The van der Waals surface area contributed by atoms with E-state index in [1.165, 1.54) is 0 Å². The van der Waals surface area contributed by atoms with Gasteiger partial charge in [-0.1, -0.05) is 15.9 Å². The average Bonchev–Trinajstić information content (AvgIpc) is 2.42. The first-order valence-corrected chi connectivity index (χ1v) is 7.21. The summed E-state index contributed by atoms with van der Waals surface area (Å²) in [7, 11) is 3.26. The summed E-state index contributed by atoms with van der Waals surface area (Å²) in [6, 6.07) is 5.28. The molecule has 1 aromatic rings. The van der Waals surface area contributed by atoms with Gasteiger partial charge in [0.1, 0.15) is 0 Å². The summed E-state index contributed by atoms with van der Waals surface area (Å²) in [5, 5.41) is 0. The van der Waals surface area contributed by atoms with Gasteiger partial charge in [-0.15, -0.1) is 0 Å². The van der Waals surface area contributed by atoms with Crippen molar-refractivity contribution in [1.29, 1.82) is 0 Å². The van der Waals surface area contributed by atoms with Crippen LogP contribution < -0.4 is 5.73 Å². The van der Waals surface area contributed by atoms with Gasteiger partial charge in [0.25, 0.3) is 5.91 Å². The third-order valence-corrected chi connectivity index (χ3v) is 3.37. The lowest BCUT2D eigenvalue weighted by molar-refractivity contribution is 0.0675. The van der Waals surface area contributed by atoms with Crippen LogP contribution in [0.3, 0.4) is 0 Å². The fourth-order valence-electron chi connectivity index (χ4n) is 1.81. The van der Waals surface area contributed by atoms with Gasteiger partial charge in [-0.2, -0.15) is 0 Å². The van der Waals surface area contributed by atoms with Gasteiger partial charge in [-0.3, -0.25) is 4.79 Å². The number of nitrogens with two attached hydrogens (primary N) is 1. The van der Waals surface area contributed by atoms with Crippen LogP contribution in [0.5, 0.6) is 0 Å². The van der Waals surface area contributed by atoms with Gasteiger partial charge in [0, 0.05) is 44.1 Å². The Kier molecular flexibility index (Phi) is 7.58. The lowest BCUT2D eigenvalue weighted by Gasteiger charge is -2.23. The first-order chi connectivity index (χ1) is 9.60. The van der Waals surface area contributed by atoms with Gasteiger partial charge in [-0.05, 0) is 24.6 Å². The quantitative estimate of drug-likeness (QED) is 0.579. The Labute approximate surface area is 128 Å². The molecular weight excluding hydrogens is 324 g/mol. The maximum atomic E-state index is 12.5. The SMILES string of the molecule is COCCCN(CCOC)C(=O)c1ccc(Br)cc1N. The van der Waals surface area contributed by atoms with Crippen LogP contribution in [0, 0.1) is 0 Å². The van der Waals surface area contributed by atoms with Crippen LogP contribution in [0.2, 0.25) is 0 Å². The summed E-state index contributed by atoms with van der Waals surface area (Å²) in [6.45, 7) is 2.27. The number of nitrogens with zero attached hydrogens (tertiary/aromatic N) is 1. The van der Waals surface area contributed by atoms with E-state index in [4.69, 9.17) is 15.2 Å². The first kappa shape index (κ1) is 16.9. The molecule has 0 unspecified atom stereocenters. The summed E-state index contributed by atoms with van der Waals surface area (Å²) in [5.74, 6) is -0.0804. The van der Waals surface area contributed by atoms with E-state index in [0.717, 1.165) is 10.9 Å². The number of rotatable bonds is 8. The Bertz CT molecular complexity index is 440. The van der Waals surface area contributed by atoms with E-state index >= 15 is 0 Å². The molecule has 2 N–H and O–H groups in total. The number of methoxy groups -OCH3 is 2. The third kappa shape index (κ3) is 5.11. The highest BCUT2D eigenvalue weighted by atomic mass is 79.9. The molecule has 1 amide bonds. The van der Waals surface area contributed by atoms with Gasteiger partial charge in [0.05, 0.1) is 12.2 Å². The number of hydrogen-bond acceptors (Lipinski definition) is 4. The number of amides is 1. The number of carbonyl (C=O) groups is 1. The maximum Gasteiger partial charge on any atom is 0.256 e. The van der Waals surface area contributed by atoms with Gasteiger partial charge in [0.2, 0.25) is 0 Å². The van der Waals surface area contributed by atoms with E-state index < -0.39 is 0 Å². The molecule has 0 aliphatic heterocycles. The largest absolute Gasteiger partial charge is 0.398 e. The van der Waals surface area contributed by atoms with Gasteiger partial charge in [0.15, 0.2) is 0 Å². The summed E-state index contributed by atoms with van der Waals surface area (Å²) in [5.41, 5.74) is 6.90. The molecular formula is C14H21BrN2O3. The first-order valence-electron chi connectivity index (χ1n) is 6.42. The zero-order valence-corrected chi connectivity index (χ0v) is 13.5. The molecule has 0 spiro atoms. The van der Waals surface area contributed by atoms with Gasteiger partial charge >= 0.3 is 0 Å². The van der Waals surface area contributed by atoms with Crippen LogP contribution in [-0.2, 0) is 9.47 Å². The van der Waals surface area contributed by atoms with Crippen LogP contribution >= 0.6 is 15.9 Å². The molecule has 0 aliphatic carbocycles. The molecule has 0 fully saturated rings. The van der Waals surface area contributed by atoms with E-state index in [0.29, 0.717) is 37.6 Å². The second-order valence-corrected chi connectivity index (χ2v) is 5.28. The summed E-state index contributed by atoms with van der Waals surface area (Å²) >= 11 is 3.33. The van der Waals surface area contributed by atoms with E-state index in [1.807, 2.05) is 6.07 Å². The van der Waals surface area contributed by atoms with E-state index in [2.05, 4.69) is 15.9 Å². The Morgan fingerprint density at radius 3 is 2.55 bits per heavy atom. The highest BCUT2D eigenvalue weighted by molar-refractivity contribution is 9.10. The number of anilines is 1. The van der Waals surface area contributed by atoms with Crippen LogP contribution in [0.15, 0.2) is 22.7 Å². The van der Waals surface area contributed by atoms with Crippen LogP contribution in [0.25, 0.3) is 0 Å². The molecule has 112 valence electrons. The number of benzene rings is 1. The molecule has 0 aromatic heterocycles. The molecule has 1 aromatic carbocycles. The number of hydrogen-bond donors (Lipinski definition) is 1. The number of carbonyl (C=O) groups excluding carboxylic acids is 1. The van der Waals surface area contributed by atoms with Crippen molar-refractivity contribution in [3.8, 4) is 0 Å². The van der Waals surface area contributed by atoms with Crippen LogP contribution in [0.1, 0.15) is 16.8 Å². The van der Waals surface area contributed by atoms with Gasteiger partial charge in [-0.25, -0.2) is 0 Å². The molecule has 0 radical (unpaired) electrons. The highest BCUT2D eigenvalue weighted by Gasteiger charge is 2.17. The smallest absolute Gasteiger partial charge is 0.256 e. The molecule has 0 bridgehead atoms. The molecule has 0 saturated carbocycles. The molecule has 1 rings (SSSR count). The topological polar surface area (TPSA) is 64.8 Å². The highest BCUT2D eigenvalue weighted by Crippen LogP contribution is 2.20. The zero-order chi connectivity index (χ0) is 15.0. The minimum Gasteiger partial charge on any atom is -0.398 e. The Morgan fingerprint density at radius 1 is 1.25 bits per heavy atom.